The molecule has 2 N–H and O–H groups in total. The summed E-state index contributed by atoms with van der Waals surface area (Å²) < 4.78 is 59.0. The average molecular weight is 487 g/mol. The molecule has 1 aliphatic heterocycles. The Morgan fingerprint density at radius 1 is 1.21 bits per heavy atom. The van der Waals surface area contributed by atoms with E-state index >= 15 is 0 Å². The minimum Gasteiger partial charge on any atom is -0.488 e. The maximum atomic E-state index is 14.2. The van der Waals surface area contributed by atoms with Gasteiger partial charge in [0.15, 0.2) is 11.6 Å². The maximum absolute atomic E-state index is 14.2. The fourth-order valence-corrected chi connectivity index (χ4v) is 3.72. The van der Waals surface area contributed by atoms with Crippen molar-refractivity contribution in [3.05, 3.63) is 63.1 Å². The van der Waals surface area contributed by atoms with Crippen LogP contribution in [0.15, 0.2) is 40.4 Å². The van der Waals surface area contributed by atoms with Gasteiger partial charge >= 0.3 is 0 Å². The Balaban J connectivity index is 1.78. The van der Waals surface area contributed by atoms with Crippen LogP contribution in [0.1, 0.15) is 24.1 Å². The van der Waals surface area contributed by atoms with Crippen LogP contribution in [0.3, 0.4) is 0 Å². The highest BCUT2D eigenvalue weighted by atomic mass is 79.9. The van der Waals surface area contributed by atoms with Gasteiger partial charge in [-0.1, -0.05) is 15.9 Å². The fourth-order valence-electron chi connectivity index (χ4n) is 2.78. The Labute approximate surface area is 175 Å². The number of nitrogens with one attached hydrogen (secondary N) is 2. The molecule has 0 fully saturated rings. The molecular formula is C19H17BrF2N2O4S. The third-order valence-electron chi connectivity index (χ3n) is 4.18. The maximum Gasteiger partial charge on any atom is 0.251 e. The summed E-state index contributed by atoms with van der Waals surface area (Å²) in [5.41, 5.74) is 0.476. The predicted molar refractivity (Wildman–Crippen MR) is 109 cm³/mol. The summed E-state index contributed by atoms with van der Waals surface area (Å²) in [7, 11) is -3.84. The number of hydrogen-bond acceptors (Lipinski definition) is 4. The lowest BCUT2D eigenvalue weighted by atomic mass is 10.0. The Hall–Kier alpha value is -2.46. The molecule has 1 aliphatic rings. The van der Waals surface area contributed by atoms with Crippen LogP contribution in [0, 0.1) is 11.6 Å². The highest BCUT2D eigenvalue weighted by Crippen LogP contribution is 2.30. The van der Waals surface area contributed by atoms with E-state index in [1.807, 2.05) is 12.1 Å². The number of hydrogen-bond donors (Lipinski definition) is 2. The Kier molecular flexibility index (Phi) is 5.95. The second-order valence-corrected chi connectivity index (χ2v) is 9.23. The minimum absolute atomic E-state index is 0.0626. The van der Waals surface area contributed by atoms with Crippen LogP contribution in [-0.4, -0.2) is 27.2 Å². The van der Waals surface area contributed by atoms with Gasteiger partial charge in [0.05, 0.1) is 17.9 Å². The highest BCUT2D eigenvalue weighted by Gasteiger charge is 2.21. The zero-order valence-corrected chi connectivity index (χ0v) is 17.8. The van der Waals surface area contributed by atoms with Crippen molar-refractivity contribution in [1.29, 1.82) is 0 Å². The number of halogens is 3. The molecule has 0 saturated carbocycles. The second-order valence-electron chi connectivity index (χ2n) is 6.57. The van der Waals surface area contributed by atoms with Crippen LogP contribution in [0.4, 0.5) is 14.5 Å². The summed E-state index contributed by atoms with van der Waals surface area (Å²) in [4.78, 5) is 12.6. The summed E-state index contributed by atoms with van der Waals surface area (Å²) in [6.45, 7) is 1.62. The molecule has 0 unspecified atom stereocenters. The Morgan fingerprint density at radius 3 is 2.48 bits per heavy atom. The first-order valence-electron chi connectivity index (χ1n) is 8.44. The normalized spacial score (nSPS) is 14.3. The van der Waals surface area contributed by atoms with Gasteiger partial charge in [-0.15, -0.1) is 0 Å². The van der Waals surface area contributed by atoms with Gasteiger partial charge in [-0.25, -0.2) is 17.2 Å². The van der Waals surface area contributed by atoms with E-state index in [0.29, 0.717) is 11.3 Å². The van der Waals surface area contributed by atoms with Gasteiger partial charge in [0, 0.05) is 10.0 Å². The lowest BCUT2D eigenvalue weighted by Gasteiger charge is -2.20. The summed E-state index contributed by atoms with van der Waals surface area (Å²) in [5.74, 6) is -1.95. The number of benzene rings is 2. The third-order valence-corrected chi connectivity index (χ3v) is 5.24. The SMILES string of the molecule is C[C@@H](NC(=O)C1=Cc2cc(Br)ccc2OC1)c1cc(F)c(NS(C)(=O)=O)c(F)c1. The minimum atomic E-state index is -3.84. The smallest absolute Gasteiger partial charge is 0.251 e. The molecule has 6 nitrogen and oxygen atoms in total. The first-order chi connectivity index (χ1) is 13.5. The quantitative estimate of drug-likeness (QED) is 0.673. The molecule has 29 heavy (non-hydrogen) atoms. The number of carbonyl (C=O) groups is 1. The number of sulfonamides is 1. The second kappa shape index (κ2) is 8.11. The number of carbonyl (C=O) groups excluding carboxylic acids is 1. The fraction of sp³-hybridized carbons (Fsp3) is 0.211. The van der Waals surface area contributed by atoms with E-state index in [2.05, 4.69) is 21.2 Å². The summed E-state index contributed by atoms with van der Waals surface area (Å²) in [6.07, 6.45) is 2.48. The third kappa shape index (κ3) is 5.13. The molecule has 2 aromatic carbocycles. The van der Waals surface area contributed by atoms with Crippen molar-refractivity contribution < 1.29 is 26.7 Å². The molecule has 154 valence electrons. The molecule has 3 rings (SSSR count). The Morgan fingerprint density at radius 2 is 1.86 bits per heavy atom. The van der Waals surface area contributed by atoms with Crippen LogP contribution >= 0.6 is 15.9 Å². The topological polar surface area (TPSA) is 84.5 Å². The zero-order valence-electron chi connectivity index (χ0n) is 15.4. The van der Waals surface area contributed by atoms with Crippen molar-refractivity contribution >= 4 is 43.6 Å². The van der Waals surface area contributed by atoms with Crippen molar-refractivity contribution in [1.82, 2.24) is 5.32 Å². The number of anilines is 1. The number of rotatable bonds is 5. The van der Waals surface area contributed by atoms with Gasteiger partial charge in [0.25, 0.3) is 5.91 Å². The molecule has 0 radical (unpaired) electrons. The average Bonchev–Trinajstić information content (AvgIpc) is 2.63. The van der Waals surface area contributed by atoms with Crippen LogP contribution < -0.4 is 14.8 Å². The molecule has 1 amide bonds. The molecule has 2 aromatic rings. The molecule has 10 heteroatoms. The molecule has 1 heterocycles. The van der Waals surface area contributed by atoms with E-state index in [0.717, 1.165) is 28.4 Å². The van der Waals surface area contributed by atoms with Gasteiger partial charge in [-0.05, 0) is 48.9 Å². The van der Waals surface area contributed by atoms with E-state index in [-0.39, 0.29) is 12.2 Å². The molecule has 0 bridgehead atoms. The summed E-state index contributed by atoms with van der Waals surface area (Å²) in [5, 5.41) is 2.66. The first kappa shape index (κ1) is 21.3. The standard InChI is InChI=1S/C19H17BrF2N2O4S/c1-10(11-7-15(21)18(16(22)8-11)24-29(2,26)27)23-19(25)13-5-12-6-14(20)3-4-17(12)28-9-13/h3-8,10,24H,9H2,1-2H3,(H,23,25)/t10-/m1/s1. The van der Waals surface area contributed by atoms with Gasteiger partial charge in [0.2, 0.25) is 10.0 Å². The van der Waals surface area contributed by atoms with Crippen LogP contribution in [-0.2, 0) is 14.8 Å². The van der Waals surface area contributed by atoms with Crippen LogP contribution in [0.2, 0.25) is 0 Å². The largest absolute Gasteiger partial charge is 0.488 e. The van der Waals surface area contributed by atoms with Crippen LogP contribution in [0.25, 0.3) is 6.08 Å². The molecular weight excluding hydrogens is 470 g/mol. The first-order valence-corrected chi connectivity index (χ1v) is 11.1. The van der Waals surface area contributed by atoms with Gasteiger partial charge in [-0.2, -0.15) is 0 Å². The molecule has 1 atom stereocenters. The monoisotopic (exact) mass is 486 g/mol. The van der Waals surface area contributed by atoms with E-state index in [4.69, 9.17) is 4.74 Å². The number of fused-ring (bicyclic) bond motifs is 1. The lowest BCUT2D eigenvalue weighted by Crippen LogP contribution is -2.31. The molecule has 0 aliphatic carbocycles. The predicted octanol–water partition coefficient (Wildman–Crippen LogP) is 3.75. The van der Waals surface area contributed by atoms with E-state index < -0.39 is 39.3 Å². The van der Waals surface area contributed by atoms with E-state index in [1.54, 1.807) is 23.8 Å². The van der Waals surface area contributed by atoms with Gasteiger partial charge < -0.3 is 10.1 Å². The molecule has 0 aromatic heterocycles. The highest BCUT2D eigenvalue weighted by molar-refractivity contribution is 9.10. The Bertz CT molecular complexity index is 1100. The molecule has 0 saturated heterocycles. The van der Waals surface area contributed by atoms with Gasteiger partial charge in [0.1, 0.15) is 18.0 Å². The van der Waals surface area contributed by atoms with Crippen molar-refractivity contribution in [3.63, 3.8) is 0 Å². The number of amides is 1. The summed E-state index contributed by atoms with van der Waals surface area (Å²) in [6, 6.07) is 6.63. The van der Waals surface area contributed by atoms with E-state index in [1.165, 1.54) is 0 Å². The van der Waals surface area contributed by atoms with Crippen molar-refractivity contribution in [3.8, 4) is 5.75 Å². The summed E-state index contributed by atoms with van der Waals surface area (Å²) >= 11 is 3.36. The zero-order chi connectivity index (χ0) is 21.3. The molecule has 0 spiro atoms. The number of ether oxygens (including phenoxy) is 1. The van der Waals surface area contributed by atoms with Crippen LogP contribution in [0.5, 0.6) is 5.75 Å². The van der Waals surface area contributed by atoms with E-state index in [9.17, 15) is 22.0 Å². The lowest BCUT2D eigenvalue weighted by molar-refractivity contribution is -0.118. The van der Waals surface area contributed by atoms with Crippen molar-refractivity contribution in [2.75, 3.05) is 17.6 Å². The van der Waals surface area contributed by atoms with Gasteiger partial charge in [-0.3, -0.25) is 9.52 Å². The van der Waals surface area contributed by atoms with Crippen molar-refractivity contribution in [2.24, 2.45) is 0 Å². The van der Waals surface area contributed by atoms with Crippen molar-refractivity contribution in [2.45, 2.75) is 13.0 Å².